The third-order valence-corrected chi connectivity index (χ3v) is 4.47. The molecule has 0 heterocycles. The van der Waals surface area contributed by atoms with Gasteiger partial charge in [-0.05, 0) is 49.3 Å². The van der Waals surface area contributed by atoms with E-state index in [9.17, 15) is 4.79 Å². The van der Waals surface area contributed by atoms with Gasteiger partial charge in [0.15, 0.2) is 0 Å². The molecule has 0 atom stereocenters. The average molecular weight is 300 g/mol. The maximum absolute atomic E-state index is 12.0. The second-order valence-electron chi connectivity index (χ2n) is 5.45. The van der Waals surface area contributed by atoms with E-state index in [2.05, 4.69) is 12.2 Å². The molecule has 0 radical (unpaired) electrons. The highest BCUT2D eigenvalue weighted by atomic mass is 35.5. The van der Waals surface area contributed by atoms with Crippen LogP contribution in [0.2, 0.25) is 10.0 Å². The molecule has 0 aliphatic heterocycles. The minimum absolute atomic E-state index is 0.0675. The van der Waals surface area contributed by atoms with Gasteiger partial charge in [0, 0.05) is 6.04 Å². The van der Waals surface area contributed by atoms with Gasteiger partial charge in [0.2, 0.25) is 5.91 Å². The third-order valence-electron chi connectivity index (χ3n) is 3.73. The number of benzene rings is 1. The molecule has 4 heteroatoms. The van der Waals surface area contributed by atoms with Gasteiger partial charge in [0.25, 0.3) is 0 Å². The van der Waals surface area contributed by atoms with Crippen molar-refractivity contribution in [3.63, 3.8) is 0 Å². The van der Waals surface area contributed by atoms with E-state index in [1.165, 1.54) is 12.8 Å². The van der Waals surface area contributed by atoms with Crippen LogP contribution in [0.25, 0.3) is 0 Å². The first-order chi connectivity index (χ1) is 9.04. The number of amides is 1. The van der Waals surface area contributed by atoms with E-state index in [0.717, 1.165) is 24.3 Å². The monoisotopic (exact) mass is 299 g/mol. The number of rotatable bonds is 3. The van der Waals surface area contributed by atoms with E-state index in [0.29, 0.717) is 22.5 Å². The average Bonchev–Trinajstić information content (AvgIpc) is 2.37. The molecule has 0 spiro atoms. The molecule has 0 aromatic heterocycles. The van der Waals surface area contributed by atoms with Crippen molar-refractivity contribution in [2.75, 3.05) is 0 Å². The summed E-state index contributed by atoms with van der Waals surface area (Å²) in [6.07, 6.45) is 4.96. The first kappa shape index (κ1) is 14.7. The molecule has 1 aromatic carbocycles. The van der Waals surface area contributed by atoms with Crippen LogP contribution in [0, 0.1) is 5.92 Å². The van der Waals surface area contributed by atoms with Crippen LogP contribution in [0.5, 0.6) is 0 Å². The highest BCUT2D eigenvalue weighted by molar-refractivity contribution is 6.42. The Morgan fingerprint density at radius 1 is 1.21 bits per heavy atom. The van der Waals surface area contributed by atoms with Crippen molar-refractivity contribution in [1.29, 1.82) is 0 Å². The fourth-order valence-electron chi connectivity index (χ4n) is 2.52. The molecule has 19 heavy (non-hydrogen) atoms. The van der Waals surface area contributed by atoms with Gasteiger partial charge < -0.3 is 5.32 Å². The lowest BCUT2D eigenvalue weighted by Gasteiger charge is -2.26. The summed E-state index contributed by atoms with van der Waals surface area (Å²) in [6, 6.07) is 5.67. The Kier molecular flexibility index (Phi) is 5.12. The molecule has 104 valence electrons. The molecule has 1 saturated carbocycles. The second-order valence-corrected chi connectivity index (χ2v) is 6.26. The summed E-state index contributed by atoms with van der Waals surface area (Å²) >= 11 is 11.8. The molecule has 2 nitrogen and oxygen atoms in total. The Morgan fingerprint density at radius 3 is 2.53 bits per heavy atom. The molecule has 1 aliphatic rings. The van der Waals surface area contributed by atoms with E-state index in [1.807, 2.05) is 6.07 Å². The topological polar surface area (TPSA) is 29.1 Å². The number of carbonyl (C=O) groups excluding carboxylic acids is 1. The summed E-state index contributed by atoms with van der Waals surface area (Å²) in [4.78, 5) is 12.0. The number of hydrogen-bond donors (Lipinski definition) is 1. The molecule has 1 amide bonds. The molecule has 1 fully saturated rings. The fraction of sp³-hybridized carbons (Fsp3) is 0.533. The maximum Gasteiger partial charge on any atom is 0.224 e. The zero-order valence-electron chi connectivity index (χ0n) is 11.1. The van der Waals surface area contributed by atoms with E-state index in [-0.39, 0.29) is 5.91 Å². The van der Waals surface area contributed by atoms with Crippen LogP contribution in [0.4, 0.5) is 0 Å². The van der Waals surface area contributed by atoms with Crippen molar-refractivity contribution in [3.05, 3.63) is 33.8 Å². The van der Waals surface area contributed by atoms with Gasteiger partial charge in [-0.3, -0.25) is 4.79 Å². The first-order valence-corrected chi connectivity index (χ1v) is 7.53. The molecular weight excluding hydrogens is 281 g/mol. The van der Waals surface area contributed by atoms with Crippen molar-refractivity contribution >= 4 is 29.1 Å². The van der Waals surface area contributed by atoms with Crippen LogP contribution in [-0.4, -0.2) is 11.9 Å². The summed E-state index contributed by atoms with van der Waals surface area (Å²) < 4.78 is 0. The van der Waals surface area contributed by atoms with Crippen LogP contribution < -0.4 is 5.32 Å². The SMILES string of the molecule is CC1CCC(NC(=O)Cc2ccc(Cl)c(Cl)c2)CC1. The summed E-state index contributed by atoms with van der Waals surface area (Å²) in [6.45, 7) is 2.27. The van der Waals surface area contributed by atoms with Crippen LogP contribution in [0.15, 0.2) is 18.2 Å². The minimum atomic E-state index is 0.0675. The van der Waals surface area contributed by atoms with E-state index >= 15 is 0 Å². The molecule has 1 aromatic rings. The molecule has 1 aliphatic carbocycles. The van der Waals surface area contributed by atoms with E-state index in [1.54, 1.807) is 12.1 Å². The largest absolute Gasteiger partial charge is 0.353 e. The smallest absolute Gasteiger partial charge is 0.224 e. The van der Waals surface area contributed by atoms with Crippen molar-refractivity contribution < 1.29 is 4.79 Å². The van der Waals surface area contributed by atoms with Gasteiger partial charge in [-0.1, -0.05) is 36.2 Å². The predicted molar refractivity (Wildman–Crippen MR) is 79.7 cm³/mol. The predicted octanol–water partition coefficient (Wildman–Crippen LogP) is 4.23. The molecule has 0 saturated heterocycles. The molecule has 0 bridgehead atoms. The van der Waals surface area contributed by atoms with Crippen LogP contribution in [0.1, 0.15) is 38.2 Å². The Labute approximate surface area is 124 Å². The number of hydrogen-bond acceptors (Lipinski definition) is 1. The van der Waals surface area contributed by atoms with Gasteiger partial charge in [-0.25, -0.2) is 0 Å². The highest BCUT2D eigenvalue weighted by Crippen LogP contribution is 2.24. The summed E-state index contributed by atoms with van der Waals surface area (Å²) in [5.74, 6) is 0.862. The van der Waals surface area contributed by atoms with Crippen LogP contribution in [0.3, 0.4) is 0 Å². The van der Waals surface area contributed by atoms with Crippen LogP contribution >= 0.6 is 23.2 Å². The standard InChI is InChI=1S/C15H19Cl2NO/c1-10-2-5-12(6-3-10)18-15(19)9-11-4-7-13(16)14(17)8-11/h4,7-8,10,12H,2-3,5-6,9H2,1H3,(H,18,19). The van der Waals surface area contributed by atoms with Crippen molar-refractivity contribution in [2.45, 2.75) is 45.1 Å². The van der Waals surface area contributed by atoms with Crippen molar-refractivity contribution in [2.24, 2.45) is 5.92 Å². The minimum Gasteiger partial charge on any atom is -0.353 e. The zero-order chi connectivity index (χ0) is 13.8. The lowest BCUT2D eigenvalue weighted by Crippen LogP contribution is -2.38. The summed E-state index contributed by atoms with van der Waals surface area (Å²) in [7, 11) is 0. The Morgan fingerprint density at radius 2 is 1.89 bits per heavy atom. The van der Waals surface area contributed by atoms with Crippen molar-refractivity contribution in [1.82, 2.24) is 5.32 Å². The van der Waals surface area contributed by atoms with Gasteiger partial charge in [-0.2, -0.15) is 0 Å². The summed E-state index contributed by atoms with van der Waals surface area (Å²) in [5, 5.41) is 4.13. The van der Waals surface area contributed by atoms with Gasteiger partial charge in [0.05, 0.1) is 16.5 Å². The Bertz CT molecular complexity index is 453. The van der Waals surface area contributed by atoms with Gasteiger partial charge in [-0.15, -0.1) is 0 Å². The number of halogens is 2. The molecular formula is C15H19Cl2NO. The molecule has 1 N–H and O–H groups in total. The Hall–Kier alpha value is -0.730. The maximum atomic E-state index is 12.0. The first-order valence-electron chi connectivity index (χ1n) is 6.78. The van der Waals surface area contributed by atoms with Crippen LogP contribution in [-0.2, 0) is 11.2 Å². The van der Waals surface area contributed by atoms with Gasteiger partial charge >= 0.3 is 0 Å². The second kappa shape index (κ2) is 6.62. The summed E-state index contributed by atoms with van der Waals surface area (Å²) in [5.41, 5.74) is 0.899. The van der Waals surface area contributed by atoms with Gasteiger partial charge in [0.1, 0.15) is 0 Å². The molecule has 0 unspecified atom stereocenters. The van der Waals surface area contributed by atoms with E-state index < -0.39 is 0 Å². The number of carbonyl (C=O) groups is 1. The zero-order valence-corrected chi connectivity index (χ0v) is 12.6. The van der Waals surface area contributed by atoms with E-state index in [4.69, 9.17) is 23.2 Å². The normalized spacial score (nSPS) is 23.1. The quantitative estimate of drug-likeness (QED) is 0.889. The Balaban J connectivity index is 1.85. The lowest BCUT2D eigenvalue weighted by molar-refractivity contribution is -0.121. The fourth-order valence-corrected chi connectivity index (χ4v) is 2.84. The lowest BCUT2D eigenvalue weighted by atomic mass is 9.87. The van der Waals surface area contributed by atoms with Crippen molar-refractivity contribution in [3.8, 4) is 0 Å². The third kappa shape index (κ3) is 4.39. The molecule has 2 rings (SSSR count). The highest BCUT2D eigenvalue weighted by Gasteiger charge is 2.19. The number of nitrogens with one attached hydrogen (secondary N) is 1.